The molecule has 0 fully saturated rings. The molecule has 1 N–H and O–H groups in total. The number of imidazole rings is 1. The van der Waals surface area contributed by atoms with Gasteiger partial charge in [0.2, 0.25) is 5.78 Å². The third-order valence-corrected chi connectivity index (χ3v) is 3.82. The normalized spacial score (nSPS) is 11.3. The average molecular weight is 250 g/mol. The second kappa shape index (κ2) is 4.50. The summed E-state index contributed by atoms with van der Waals surface area (Å²) in [5.74, 6) is -1.06. The smallest absolute Gasteiger partial charge is 0.213 e. The number of rotatable bonds is 4. The molecule has 0 bridgehead atoms. The Hall–Kier alpha value is -1.95. The quantitative estimate of drug-likeness (QED) is 0.823. The van der Waals surface area contributed by atoms with Gasteiger partial charge in [0.1, 0.15) is 5.75 Å². The highest BCUT2D eigenvalue weighted by atomic mass is 32.2. The van der Waals surface area contributed by atoms with E-state index in [0.717, 1.165) is 0 Å². The van der Waals surface area contributed by atoms with Crippen molar-refractivity contribution in [1.82, 2.24) is 9.97 Å². The Morgan fingerprint density at radius 2 is 1.94 bits per heavy atom. The lowest BCUT2D eigenvalue weighted by Gasteiger charge is -2.01. The van der Waals surface area contributed by atoms with Crippen LogP contribution in [0.3, 0.4) is 0 Å². The Morgan fingerprint density at radius 1 is 1.24 bits per heavy atom. The molecule has 88 valence electrons. The molecule has 5 nitrogen and oxygen atoms in total. The molecule has 6 heteroatoms. The van der Waals surface area contributed by atoms with E-state index in [9.17, 15) is 13.2 Å². The van der Waals surface area contributed by atoms with Gasteiger partial charge in [0, 0.05) is 12.4 Å². The fourth-order valence-corrected chi connectivity index (χ4v) is 2.59. The molecule has 0 spiro atoms. The minimum atomic E-state index is -3.60. The Morgan fingerprint density at radius 3 is 2.53 bits per heavy atom. The van der Waals surface area contributed by atoms with E-state index in [-0.39, 0.29) is 10.7 Å². The lowest BCUT2D eigenvalue weighted by molar-refractivity contribution is 0.101. The molecule has 17 heavy (non-hydrogen) atoms. The summed E-state index contributed by atoms with van der Waals surface area (Å²) in [5.41, 5.74) is 0. The van der Waals surface area contributed by atoms with E-state index in [0.29, 0.717) is 0 Å². The summed E-state index contributed by atoms with van der Waals surface area (Å²) < 4.78 is 23.8. The highest BCUT2D eigenvalue weighted by Gasteiger charge is 2.21. The van der Waals surface area contributed by atoms with Crippen molar-refractivity contribution in [2.45, 2.75) is 4.90 Å². The molecule has 0 saturated carbocycles. The monoisotopic (exact) mass is 250 g/mol. The summed E-state index contributed by atoms with van der Waals surface area (Å²) in [6, 6.07) is 7.87. The Balaban J connectivity index is 2.22. The number of carbonyl (C=O) groups is 1. The number of carbonyl (C=O) groups excluding carboxylic acids is 1. The van der Waals surface area contributed by atoms with Gasteiger partial charge in [-0.25, -0.2) is 13.4 Å². The number of ketones is 1. The van der Waals surface area contributed by atoms with Crippen LogP contribution in [0.1, 0.15) is 10.6 Å². The maximum Gasteiger partial charge on any atom is 0.213 e. The van der Waals surface area contributed by atoms with Crippen LogP contribution in [0.5, 0.6) is 0 Å². The second-order valence-corrected chi connectivity index (χ2v) is 5.42. The van der Waals surface area contributed by atoms with Gasteiger partial charge in [-0.15, -0.1) is 0 Å². The van der Waals surface area contributed by atoms with E-state index < -0.39 is 21.4 Å². The molecule has 0 aliphatic heterocycles. The Kier molecular flexibility index (Phi) is 3.06. The Bertz CT molecular complexity index is 603. The molecule has 0 unspecified atom stereocenters. The van der Waals surface area contributed by atoms with Crippen molar-refractivity contribution in [2.75, 3.05) is 5.75 Å². The zero-order chi connectivity index (χ0) is 12.3. The number of sulfone groups is 1. The molecule has 0 aliphatic rings. The largest absolute Gasteiger partial charge is 0.342 e. The maximum absolute atomic E-state index is 11.9. The van der Waals surface area contributed by atoms with E-state index in [2.05, 4.69) is 9.97 Å². The number of H-pyrrole nitrogens is 1. The number of aromatic nitrogens is 2. The minimum absolute atomic E-state index is 0.0597. The first kappa shape index (κ1) is 11.5. The van der Waals surface area contributed by atoms with Crippen LogP contribution in [0, 0.1) is 0 Å². The number of aromatic amines is 1. The zero-order valence-electron chi connectivity index (χ0n) is 8.83. The summed E-state index contributed by atoms with van der Waals surface area (Å²) in [4.78, 5) is 18.1. The van der Waals surface area contributed by atoms with Gasteiger partial charge in [-0.2, -0.15) is 0 Å². The first-order valence-corrected chi connectivity index (χ1v) is 6.55. The standard InChI is InChI=1S/C11H10N2O3S/c14-10(11-12-6-7-13-11)8-17(15,16)9-4-2-1-3-5-9/h1-7H,8H2,(H,12,13). The molecule has 1 heterocycles. The van der Waals surface area contributed by atoms with E-state index in [1.807, 2.05) is 0 Å². The first-order chi connectivity index (χ1) is 8.09. The van der Waals surface area contributed by atoms with Crippen molar-refractivity contribution in [1.29, 1.82) is 0 Å². The van der Waals surface area contributed by atoms with Gasteiger partial charge in [0.05, 0.1) is 4.90 Å². The Labute approximate surface area is 98.4 Å². The minimum Gasteiger partial charge on any atom is -0.342 e. The van der Waals surface area contributed by atoms with Crippen LogP contribution in [0.15, 0.2) is 47.6 Å². The molecule has 2 aromatic rings. The van der Waals surface area contributed by atoms with Crippen molar-refractivity contribution in [3.8, 4) is 0 Å². The molecule has 2 rings (SSSR count). The van der Waals surface area contributed by atoms with Crippen LogP contribution in [-0.2, 0) is 9.84 Å². The fourth-order valence-electron chi connectivity index (χ4n) is 1.37. The number of nitrogens with one attached hydrogen (secondary N) is 1. The number of hydrogen-bond donors (Lipinski definition) is 1. The summed E-state index contributed by atoms with van der Waals surface area (Å²) in [6.07, 6.45) is 2.88. The lowest BCUT2D eigenvalue weighted by atomic mass is 10.4. The van der Waals surface area contributed by atoms with Crippen LogP contribution in [0.4, 0.5) is 0 Å². The molecule has 0 aliphatic carbocycles. The van der Waals surface area contributed by atoms with Gasteiger partial charge in [-0.1, -0.05) is 18.2 Å². The van der Waals surface area contributed by atoms with Crippen LogP contribution in [0.2, 0.25) is 0 Å². The second-order valence-electron chi connectivity index (χ2n) is 3.43. The predicted molar refractivity (Wildman–Crippen MR) is 61.4 cm³/mol. The fraction of sp³-hybridized carbons (Fsp3) is 0.0909. The SMILES string of the molecule is O=C(CS(=O)(=O)c1ccccc1)c1ncc[nH]1. The highest BCUT2D eigenvalue weighted by Crippen LogP contribution is 2.11. The number of Topliss-reactive ketones (excluding diaryl/α,β-unsaturated/α-hetero) is 1. The highest BCUT2D eigenvalue weighted by molar-refractivity contribution is 7.92. The predicted octanol–water partition coefficient (Wildman–Crippen LogP) is 1.07. The van der Waals surface area contributed by atoms with Crippen LogP contribution in [-0.4, -0.2) is 29.9 Å². The molecule has 1 aromatic carbocycles. The summed E-state index contributed by atoms with van der Waals surface area (Å²) in [5, 5.41) is 0. The first-order valence-electron chi connectivity index (χ1n) is 4.90. The van der Waals surface area contributed by atoms with Crippen LogP contribution in [0.25, 0.3) is 0 Å². The summed E-state index contributed by atoms with van der Waals surface area (Å²) in [7, 11) is -3.60. The number of benzene rings is 1. The van der Waals surface area contributed by atoms with Crippen molar-refractivity contribution >= 4 is 15.6 Å². The third kappa shape index (κ3) is 2.59. The molecule has 0 atom stereocenters. The van der Waals surface area contributed by atoms with Crippen LogP contribution >= 0.6 is 0 Å². The van der Waals surface area contributed by atoms with Crippen molar-refractivity contribution < 1.29 is 13.2 Å². The van der Waals surface area contributed by atoms with Gasteiger partial charge in [-0.05, 0) is 12.1 Å². The van der Waals surface area contributed by atoms with Crippen LogP contribution < -0.4 is 0 Å². The van der Waals surface area contributed by atoms with Crippen molar-refractivity contribution in [3.63, 3.8) is 0 Å². The molecule has 0 radical (unpaired) electrons. The van der Waals surface area contributed by atoms with E-state index in [1.54, 1.807) is 18.2 Å². The van der Waals surface area contributed by atoms with E-state index in [1.165, 1.54) is 24.5 Å². The molecular weight excluding hydrogens is 240 g/mol. The third-order valence-electron chi connectivity index (χ3n) is 2.19. The topological polar surface area (TPSA) is 79.9 Å². The number of nitrogens with zero attached hydrogens (tertiary/aromatic N) is 1. The average Bonchev–Trinajstić information content (AvgIpc) is 2.83. The van der Waals surface area contributed by atoms with Gasteiger partial charge in [0.15, 0.2) is 15.7 Å². The maximum atomic E-state index is 11.9. The molecule has 1 aromatic heterocycles. The van der Waals surface area contributed by atoms with Crippen molar-refractivity contribution in [3.05, 3.63) is 48.5 Å². The van der Waals surface area contributed by atoms with E-state index in [4.69, 9.17) is 0 Å². The summed E-state index contributed by atoms with van der Waals surface area (Å²) >= 11 is 0. The van der Waals surface area contributed by atoms with Gasteiger partial charge in [-0.3, -0.25) is 4.79 Å². The van der Waals surface area contributed by atoms with Gasteiger partial charge < -0.3 is 4.98 Å². The van der Waals surface area contributed by atoms with Gasteiger partial charge >= 0.3 is 0 Å². The van der Waals surface area contributed by atoms with E-state index >= 15 is 0 Å². The van der Waals surface area contributed by atoms with Crippen molar-refractivity contribution in [2.24, 2.45) is 0 Å². The molecule has 0 saturated heterocycles. The summed E-state index contributed by atoms with van der Waals surface area (Å²) in [6.45, 7) is 0. The lowest BCUT2D eigenvalue weighted by Crippen LogP contribution is -2.17. The molecular formula is C11H10N2O3S. The zero-order valence-corrected chi connectivity index (χ0v) is 9.65. The number of hydrogen-bond acceptors (Lipinski definition) is 4. The van der Waals surface area contributed by atoms with Gasteiger partial charge in [0.25, 0.3) is 0 Å². The molecule has 0 amide bonds.